The predicted octanol–water partition coefficient (Wildman–Crippen LogP) is 8.18. The third kappa shape index (κ3) is 3.48. The second-order valence-electron chi connectivity index (χ2n) is 4.49. The molecule has 0 fully saturated rings. The van der Waals surface area contributed by atoms with Gasteiger partial charge in [0.2, 0.25) is 0 Å². The number of rotatable bonds is 5. The molecule has 26 heavy (non-hydrogen) atoms. The molecular weight excluding hydrogens is 530 g/mol. The maximum atomic E-state index is 14.8. The largest absolute Gasteiger partial charge is 0.205 e. The molecule has 0 aromatic heterocycles. The summed E-state index contributed by atoms with van der Waals surface area (Å²) in [5.41, 5.74) is -2.72. The zero-order valence-electron chi connectivity index (χ0n) is 12.4. The summed E-state index contributed by atoms with van der Waals surface area (Å²) >= 11 is 6.48. The van der Waals surface area contributed by atoms with Crippen molar-refractivity contribution in [3.8, 4) is 11.1 Å². The van der Waals surface area contributed by atoms with E-state index in [0.29, 0.717) is 23.5 Å². The van der Waals surface area contributed by atoms with Crippen LogP contribution in [0.15, 0.2) is 42.7 Å². The SMILES string of the molecule is C=CSc1c(F)c(-c2c(F)c(F)c(Br)c(SC=C)c2F)c(F)c(F)c1Br. The van der Waals surface area contributed by atoms with Crippen molar-refractivity contribution in [2.75, 3.05) is 0 Å². The molecule has 0 atom stereocenters. The Labute approximate surface area is 170 Å². The van der Waals surface area contributed by atoms with Crippen LogP contribution in [0.3, 0.4) is 0 Å². The Morgan fingerprint density at radius 3 is 1.15 bits per heavy atom. The first-order chi connectivity index (χ1) is 12.2. The van der Waals surface area contributed by atoms with E-state index in [4.69, 9.17) is 0 Å². The minimum absolute atomic E-state index is 0.492. The molecule has 0 amide bonds. The van der Waals surface area contributed by atoms with E-state index in [0.717, 1.165) is 10.8 Å². The highest BCUT2D eigenvalue weighted by Crippen LogP contribution is 2.45. The Morgan fingerprint density at radius 2 is 0.885 bits per heavy atom. The lowest BCUT2D eigenvalue weighted by molar-refractivity contribution is 0.467. The molecule has 0 aliphatic heterocycles. The van der Waals surface area contributed by atoms with Gasteiger partial charge in [-0.25, -0.2) is 26.3 Å². The van der Waals surface area contributed by atoms with Crippen molar-refractivity contribution in [2.24, 2.45) is 0 Å². The van der Waals surface area contributed by atoms with E-state index in [2.05, 4.69) is 45.0 Å². The van der Waals surface area contributed by atoms with Crippen molar-refractivity contribution in [3.63, 3.8) is 0 Å². The fourth-order valence-corrected chi connectivity index (χ4v) is 4.42. The molecule has 10 heteroatoms. The van der Waals surface area contributed by atoms with Gasteiger partial charge in [-0.1, -0.05) is 36.7 Å². The normalized spacial score (nSPS) is 10.9. The van der Waals surface area contributed by atoms with Gasteiger partial charge in [-0.15, -0.1) is 0 Å². The van der Waals surface area contributed by atoms with E-state index >= 15 is 0 Å². The van der Waals surface area contributed by atoms with Gasteiger partial charge in [-0.2, -0.15) is 0 Å². The van der Waals surface area contributed by atoms with Gasteiger partial charge in [0.05, 0.1) is 29.9 Å². The highest BCUT2D eigenvalue weighted by atomic mass is 79.9. The number of hydrogen-bond donors (Lipinski definition) is 0. The Kier molecular flexibility index (Phi) is 6.98. The number of halogens is 8. The van der Waals surface area contributed by atoms with Crippen molar-refractivity contribution in [1.82, 2.24) is 0 Å². The Hall–Kier alpha value is -0.840. The summed E-state index contributed by atoms with van der Waals surface area (Å²) in [7, 11) is 0. The van der Waals surface area contributed by atoms with Crippen LogP contribution in [0.1, 0.15) is 0 Å². The summed E-state index contributed by atoms with van der Waals surface area (Å²) in [6.45, 7) is 6.64. The number of benzene rings is 2. The zero-order valence-corrected chi connectivity index (χ0v) is 17.2. The third-order valence-corrected chi connectivity index (χ3v) is 6.68. The summed E-state index contributed by atoms with van der Waals surface area (Å²) in [5, 5.41) is 2.22. The van der Waals surface area contributed by atoms with E-state index in [1.165, 1.54) is 0 Å². The molecule has 0 N–H and O–H groups in total. The van der Waals surface area contributed by atoms with Crippen LogP contribution in [0.25, 0.3) is 11.1 Å². The van der Waals surface area contributed by atoms with Crippen LogP contribution in [-0.2, 0) is 0 Å². The van der Waals surface area contributed by atoms with E-state index in [1.54, 1.807) is 0 Å². The topological polar surface area (TPSA) is 0 Å². The van der Waals surface area contributed by atoms with Crippen LogP contribution in [0, 0.1) is 34.9 Å². The van der Waals surface area contributed by atoms with E-state index < -0.39 is 64.8 Å². The van der Waals surface area contributed by atoms with Crippen LogP contribution in [0.4, 0.5) is 26.3 Å². The molecule has 2 aromatic carbocycles. The highest BCUT2D eigenvalue weighted by Gasteiger charge is 2.32. The van der Waals surface area contributed by atoms with Crippen molar-refractivity contribution in [2.45, 2.75) is 9.79 Å². The highest BCUT2D eigenvalue weighted by molar-refractivity contribution is 9.10. The summed E-state index contributed by atoms with van der Waals surface area (Å²) in [4.78, 5) is -0.983. The summed E-state index contributed by atoms with van der Waals surface area (Å²) in [6.07, 6.45) is 0. The molecule has 138 valence electrons. The molecule has 0 aliphatic rings. The molecule has 0 aliphatic carbocycles. The van der Waals surface area contributed by atoms with Crippen LogP contribution >= 0.6 is 55.4 Å². The first kappa shape index (κ1) is 21.5. The molecule has 0 spiro atoms. The summed E-state index contributed by atoms with van der Waals surface area (Å²) in [5.74, 6) is -9.81. The molecule has 2 rings (SSSR count). The first-order valence-corrected chi connectivity index (χ1v) is 9.80. The fraction of sp³-hybridized carbons (Fsp3) is 0. The Bertz CT molecular complexity index is 855. The third-order valence-electron chi connectivity index (χ3n) is 3.10. The van der Waals surface area contributed by atoms with E-state index in [-0.39, 0.29) is 0 Å². The van der Waals surface area contributed by atoms with Crippen LogP contribution in [0.2, 0.25) is 0 Å². The zero-order chi connectivity index (χ0) is 19.8. The van der Waals surface area contributed by atoms with Crippen LogP contribution in [-0.4, -0.2) is 0 Å². The second-order valence-corrected chi connectivity index (χ2v) is 8.03. The average Bonchev–Trinajstić information content (AvgIpc) is 2.61. The van der Waals surface area contributed by atoms with Gasteiger partial charge in [-0.3, -0.25) is 0 Å². The molecule has 2 aromatic rings. The van der Waals surface area contributed by atoms with E-state index in [9.17, 15) is 26.3 Å². The smallest absolute Gasteiger partial charge is 0.174 e. The molecule has 0 saturated carbocycles. The fourth-order valence-electron chi connectivity index (χ4n) is 2.04. The maximum Gasteiger partial charge on any atom is 0.174 e. The summed E-state index contributed by atoms with van der Waals surface area (Å²) in [6, 6.07) is 0. The van der Waals surface area contributed by atoms with Gasteiger partial charge in [0, 0.05) is 0 Å². The monoisotopic (exact) mass is 534 g/mol. The van der Waals surface area contributed by atoms with Crippen LogP contribution < -0.4 is 0 Å². The summed E-state index contributed by atoms with van der Waals surface area (Å²) < 4.78 is 85.3. The lowest BCUT2D eigenvalue weighted by atomic mass is 10.0. The lowest BCUT2D eigenvalue weighted by Gasteiger charge is -2.16. The Balaban J connectivity index is 3.02. The van der Waals surface area contributed by atoms with Gasteiger partial charge < -0.3 is 0 Å². The minimum Gasteiger partial charge on any atom is -0.205 e. The van der Waals surface area contributed by atoms with Gasteiger partial charge in [-0.05, 0) is 42.7 Å². The number of thioether (sulfide) groups is 2. The molecular formula is C16H6Br2F6S2. The molecule has 0 bridgehead atoms. The first-order valence-electron chi connectivity index (χ1n) is 6.46. The van der Waals surface area contributed by atoms with Crippen molar-refractivity contribution >= 4 is 55.4 Å². The van der Waals surface area contributed by atoms with E-state index in [1.807, 2.05) is 0 Å². The van der Waals surface area contributed by atoms with Gasteiger partial charge >= 0.3 is 0 Å². The molecule has 0 radical (unpaired) electrons. The van der Waals surface area contributed by atoms with Gasteiger partial charge in [0.25, 0.3) is 0 Å². The quantitative estimate of drug-likeness (QED) is 0.164. The van der Waals surface area contributed by atoms with Crippen molar-refractivity contribution in [1.29, 1.82) is 0 Å². The molecule has 0 saturated heterocycles. The van der Waals surface area contributed by atoms with Crippen molar-refractivity contribution < 1.29 is 26.3 Å². The maximum absolute atomic E-state index is 14.8. The average molecular weight is 536 g/mol. The van der Waals surface area contributed by atoms with Gasteiger partial charge in [0.15, 0.2) is 23.3 Å². The Morgan fingerprint density at radius 1 is 0.577 bits per heavy atom. The molecule has 0 unspecified atom stereocenters. The standard InChI is InChI=1S/C16H6Br2F6S2/c1-3-25-15-7(17)13(23)9(19)5(11(15)21)6-10(20)14(24)8(18)16(12(6)22)26-4-2/h3-4H,1-2H2. The van der Waals surface area contributed by atoms with Gasteiger partial charge in [0.1, 0.15) is 11.6 Å². The van der Waals surface area contributed by atoms with Crippen molar-refractivity contribution in [3.05, 3.63) is 67.8 Å². The number of hydrogen-bond acceptors (Lipinski definition) is 2. The molecule has 0 heterocycles. The van der Waals surface area contributed by atoms with Crippen LogP contribution in [0.5, 0.6) is 0 Å². The molecule has 0 nitrogen and oxygen atoms in total. The predicted molar refractivity (Wildman–Crippen MR) is 99.1 cm³/mol. The second kappa shape index (κ2) is 8.45. The minimum atomic E-state index is -1.86. The lowest BCUT2D eigenvalue weighted by Crippen LogP contribution is -2.06.